The number of ether oxygens (including phenoxy) is 4. The summed E-state index contributed by atoms with van der Waals surface area (Å²) in [5.74, 6) is 6.06. The molecule has 6 heteroatoms. The van der Waals surface area contributed by atoms with Gasteiger partial charge < -0.3 is 18.9 Å². The molecule has 0 saturated heterocycles. The van der Waals surface area contributed by atoms with Gasteiger partial charge in [0, 0.05) is 0 Å². The highest BCUT2D eigenvalue weighted by Crippen LogP contribution is 2.63. The van der Waals surface area contributed by atoms with Gasteiger partial charge in [-0.3, -0.25) is 9.80 Å². The Morgan fingerprint density at radius 1 is 0.310 bits per heavy atom. The summed E-state index contributed by atoms with van der Waals surface area (Å²) in [4.78, 5) is 4.45. The third-order valence-corrected chi connectivity index (χ3v) is 8.16. The Morgan fingerprint density at radius 3 is 0.857 bits per heavy atom. The maximum absolute atomic E-state index is 6.50. The number of hydrogen-bond donors (Lipinski definition) is 0. The highest BCUT2D eigenvalue weighted by atomic mass is 16.5. The van der Waals surface area contributed by atoms with Crippen molar-refractivity contribution < 1.29 is 18.9 Å². The Hall–Kier alpha value is -5.88. The molecule has 6 nitrogen and oxygen atoms in total. The molecule has 42 heavy (non-hydrogen) atoms. The lowest BCUT2D eigenvalue weighted by molar-refractivity contribution is 0.444. The third kappa shape index (κ3) is 2.87. The van der Waals surface area contributed by atoms with Crippen molar-refractivity contribution in [1.29, 1.82) is 0 Å². The summed E-state index contributed by atoms with van der Waals surface area (Å²) in [6, 6.07) is 40.6. The molecule has 4 aliphatic heterocycles. The molecule has 6 aromatic rings. The van der Waals surface area contributed by atoms with Gasteiger partial charge in [0.25, 0.3) is 0 Å². The van der Waals surface area contributed by atoms with Crippen molar-refractivity contribution in [1.82, 2.24) is 0 Å². The summed E-state index contributed by atoms with van der Waals surface area (Å²) >= 11 is 0. The van der Waals surface area contributed by atoms with Gasteiger partial charge >= 0.3 is 0 Å². The molecule has 0 N–H and O–H groups in total. The predicted octanol–water partition coefficient (Wildman–Crippen LogP) is 10.7. The van der Waals surface area contributed by atoms with Gasteiger partial charge in [0.2, 0.25) is 0 Å². The van der Waals surface area contributed by atoms with E-state index in [2.05, 4.69) is 58.3 Å². The molecule has 0 bridgehead atoms. The van der Waals surface area contributed by atoms with E-state index in [0.717, 1.165) is 91.2 Å². The Balaban J connectivity index is 1.18. The van der Waals surface area contributed by atoms with Crippen LogP contribution in [-0.4, -0.2) is 0 Å². The fourth-order valence-electron chi connectivity index (χ4n) is 6.38. The molecule has 0 aliphatic carbocycles. The summed E-state index contributed by atoms with van der Waals surface area (Å²) in [5, 5.41) is 0. The van der Waals surface area contributed by atoms with Crippen LogP contribution in [0.15, 0.2) is 121 Å². The second-order valence-electron chi connectivity index (χ2n) is 10.6. The monoisotopic (exact) mass is 544 g/mol. The first-order valence-corrected chi connectivity index (χ1v) is 13.8. The normalized spacial score (nSPS) is 13.9. The molecule has 4 aliphatic rings. The minimum Gasteiger partial charge on any atom is -0.453 e. The zero-order chi connectivity index (χ0) is 27.4. The van der Waals surface area contributed by atoms with Crippen molar-refractivity contribution in [2.75, 3.05) is 9.80 Å². The minimum atomic E-state index is 0.723. The van der Waals surface area contributed by atoms with Crippen molar-refractivity contribution in [3.8, 4) is 57.1 Å². The van der Waals surface area contributed by atoms with Crippen LogP contribution < -0.4 is 28.7 Å². The van der Waals surface area contributed by atoms with Crippen LogP contribution in [0.5, 0.6) is 46.0 Å². The lowest BCUT2D eigenvalue weighted by atomic mass is 9.98. The summed E-state index contributed by atoms with van der Waals surface area (Å²) in [7, 11) is 0. The van der Waals surface area contributed by atoms with E-state index in [1.54, 1.807) is 0 Å². The molecule has 0 radical (unpaired) electrons. The highest BCUT2D eigenvalue weighted by Gasteiger charge is 2.37. The van der Waals surface area contributed by atoms with Crippen LogP contribution in [0.1, 0.15) is 0 Å². The van der Waals surface area contributed by atoms with Crippen LogP contribution in [-0.2, 0) is 0 Å². The van der Waals surface area contributed by atoms with Crippen LogP contribution in [0.4, 0.5) is 34.1 Å². The third-order valence-electron chi connectivity index (χ3n) is 8.16. The fourth-order valence-corrected chi connectivity index (χ4v) is 6.38. The molecule has 10 rings (SSSR count). The Bertz CT molecular complexity index is 1840. The molecule has 198 valence electrons. The number of hydrogen-bond acceptors (Lipinski definition) is 6. The van der Waals surface area contributed by atoms with Gasteiger partial charge in [-0.05, 0) is 83.9 Å². The Morgan fingerprint density at radius 2 is 0.571 bits per heavy atom. The number of nitrogens with zero attached hydrogens (tertiary/aromatic N) is 2. The van der Waals surface area contributed by atoms with Gasteiger partial charge in [-0.1, -0.05) is 48.5 Å². The fraction of sp³-hybridized carbons (Fsp3) is 0. The average molecular weight is 545 g/mol. The molecule has 0 unspecified atom stereocenters. The first-order valence-electron chi connectivity index (χ1n) is 13.8. The van der Waals surface area contributed by atoms with Crippen molar-refractivity contribution in [2.24, 2.45) is 0 Å². The summed E-state index contributed by atoms with van der Waals surface area (Å²) in [5.41, 5.74) is 7.55. The molecule has 0 amide bonds. The number of anilines is 6. The molecular weight excluding hydrogens is 524 g/mol. The largest absolute Gasteiger partial charge is 0.453 e. The van der Waals surface area contributed by atoms with Crippen LogP contribution in [0.25, 0.3) is 11.1 Å². The molecule has 6 aromatic carbocycles. The number of benzene rings is 6. The molecule has 0 spiro atoms. The van der Waals surface area contributed by atoms with Crippen LogP contribution in [0.2, 0.25) is 0 Å². The first kappa shape index (κ1) is 21.9. The quantitative estimate of drug-likeness (QED) is 0.205. The maximum atomic E-state index is 6.50. The van der Waals surface area contributed by atoms with Gasteiger partial charge in [-0.15, -0.1) is 0 Å². The van der Waals surface area contributed by atoms with Gasteiger partial charge in [0.1, 0.15) is 11.4 Å². The van der Waals surface area contributed by atoms with Gasteiger partial charge in [0.15, 0.2) is 46.0 Å². The average Bonchev–Trinajstić information content (AvgIpc) is 3.04. The molecular formula is C36H20N2O4. The molecule has 0 atom stereocenters. The van der Waals surface area contributed by atoms with E-state index in [-0.39, 0.29) is 0 Å². The van der Waals surface area contributed by atoms with Crippen molar-refractivity contribution in [3.63, 3.8) is 0 Å². The summed E-state index contributed by atoms with van der Waals surface area (Å²) in [6.07, 6.45) is 0. The van der Waals surface area contributed by atoms with Crippen molar-refractivity contribution >= 4 is 34.1 Å². The van der Waals surface area contributed by atoms with E-state index in [9.17, 15) is 0 Å². The molecule has 0 aromatic heterocycles. The topological polar surface area (TPSA) is 43.4 Å². The van der Waals surface area contributed by atoms with Crippen LogP contribution >= 0.6 is 0 Å². The van der Waals surface area contributed by atoms with E-state index < -0.39 is 0 Å². The van der Waals surface area contributed by atoms with Gasteiger partial charge in [-0.2, -0.15) is 0 Å². The van der Waals surface area contributed by atoms with Crippen molar-refractivity contribution in [2.45, 2.75) is 0 Å². The van der Waals surface area contributed by atoms with Gasteiger partial charge in [-0.25, -0.2) is 0 Å². The summed E-state index contributed by atoms with van der Waals surface area (Å²) in [6.45, 7) is 0. The lowest BCUT2D eigenvalue weighted by Gasteiger charge is -2.38. The van der Waals surface area contributed by atoms with Gasteiger partial charge in [0.05, 0.1) is 22.7 Å². The Labute approximate surface area is 241 Å². The van der Waals surface area contributed by atoms with E-state index >= 15 is 0 Å². The highest BCUT2D eigenvalue weighted by molar-refractivity contribution is 5.97. The van der Waals surface area contributed by atoms with Crippen LogP contribution in [0, 0.1) is 0 Å². The predicted molar refractivity (Wildman–Crippen MR) is 162 cm³/mol. The molecule has 0 saturated carbocycles. The van der Waals surface area contributed by atoms with Crippen molar-refractivity contribution in [3.05, 3.63) is 121 Å². The maximum Gasteiger partial charge on any atom is 0.156 e. The zero-order valence-corrected chi connectivity index (χ0v) is 22.1. The minimum absolute atomic E-state index is 0.723. The van der Waals surface area contributed by atoms with Crippen LogP contribution in [0.3, 0.4) is 0 Å². The zero-order valence-electron chi connectivity index (χ0n) is 22.1. The molecule has 4 heterocycles. The smallest absolute Gasteiger partial charge is 0.156 e. The lowest BCUT2D eigenvalue weighted by Crippen LogP contribution is -2.20. The van der Waals surface area contributed by atoms with E-state index in [1.807, 2.05) is 72.8 Å². The first-order chi connectivity index (χ1) is 20.8. The van der Waals surface area contributed by atoms with E-state index in [0.29, 0.717) is 0 Å². The number of fused-ring (bicyclic) bond motifs is 8. The van der Waals surface area contributed by atoms with E-state index in [1.165, 1.54) is 0 Å². The Kier molecular flexibility index (Phi) is 4.10. The second kappa shape index (κ2) is 7.86. The van der Waals surface area contributed by atoms with E-state index in [4.69, 9.17) is 18.9 Å². The number of rotatable bonds is 1. The molecule has 0 fully saturated rings. The SMILES string of the molecule is c1ccc2c(c1)Oc1cc(-c3cc4c5c(c3)Oc3ccccc3N5c3ccccc3O4)cc3c1N2c1ccccc1O3. The second-order valence-corrected chi connectivity index (χ2v) is 10.6. The summed E-state index contributed by atoms with van der Waals surface area (Å²) < 4.78 is 26.0. The standard InChI is InChI=1S/C36H20N2O4/c1-5-13-27-23(9-1)37-24-10-2-6-14-28(24)40-32-18-21(17-31(39-27)35(32)37)22-19-33-36-34(20-22)42-30-16-8-4-12-26(30)38(36)25-11-3-7-15-29(25)41-33/h1-20H. The number of para-hydroxylation sites is 8.